The lowest BCUT2D eigenvalue weighted by atomic mass is 10.1. The number of pyridine rings is 1. The van der Waals surface area contributed by atoms with Crippen LogP contribution in [0.3, 0.4) is 0 Å². The molecule has 2 heterocycles. The fourth-order valence-corrected chi connectivity index (χ4v) is 4.30. The third-order valence-corrected chi connectivity index (χ3v) is 5.84. The van der Waals surface area contributed by atoms with Crippen molar-refractivity contribution in [2.75, 3.05) is 19.6 Å². The number of nitrogens with one attached hydrogen (secondary N) is 1. The second-order valence-corrected chi connectivity index (χ2v) is 7.90. The Labute approximate surface area is 143 Å². The molecule has 0 saturated carbocycles. The van der Waals surface area contributed by atoms with E-state index in [4.69, 9.17) is 0 Å². The van der Waals surface area contributed by atoms with Crippen LogP contribution < -0.4 is 4.72 Å². The molecule has 1 saturated heterocycles. The first kappa shape index (κ1) is 17.1. The molecule has 128 valence electrons. The third kappa shape index (κ3) is 4.63. The first-order valence-electron chi connectivity index (χ1n) is 8.32. The number of likely N-dealkylation sites (tertiary alicyclic amines) is 1. The molecular formula is C18H23N3O2S. The number of aromatic nitrogens is 1. The van der Waals surface area contributed by atoms with Crippen molar-refractivity contribution in [3.63, 3.8) is 0 Å². The molecule has 1 atom stereocenters. The molecule has 1 N–H and O–H groups in total. The van der Waals surface area contributed by atoms with Gasteiger partial charge in [-0.1, -0.05) is 30.3 Å². The average Bonchev–Trinajstić information content (AvgIpc) is 2.62. The standard InChI is InChI=1S/C18H23N3O2S/c22-24(23,18-9-4-11-19-14-18)20-17-8-5-12-21(15-17)13-10-16-6-2-1-3-7-16/h1-4,6-7,9,11,14,17,20H,5,8,10,12-13,15H2/t17-/m1/s1. The van der Waals surface area contributed by atoms with Crippen LogP contribution in [0.1, 0.15) is 18.4 Å². The lowest BCUT2D eigenvalue weighted by molar-refractivity contribution is 0.204. The predicted octanol–water partition coefficient (Wildman–Crippen LogP) is 2.07. The molecule has 3 rings (SSSR count). The summed E-state index contributed by atoms with van der Waals surface area (Å²) in [7, 11) is -3.49. The smallest absolute Gasteiger partial charge is 0.242 e. The van der Waals surface area contributed by atoms with Crippen LogP contribution >= 0.6 is 0 Å². The highest BCUT2D eigenvalue weighted by molar-refractivity contribution is 7.89. The van der Waals surface area contributed by atoms with Crippen LogP contribution in [0.2, 0.25) is 0 Å². The van der Waals surface area contributed by atoms with Crippen molar-refractivity contribution in [3.8, 4) is 0 Å². The number of sulfonamides is 1. The fraction of sp³-hybridized carbons (Fsp3) is 0.389. The summed E-state index contributed by atoms with van der Waals surface area (Å²) in [4.78, 5) is 6.46. The van der Waals surface area contributed by atoms with E-state index in [9.17, 15) is 8.42 Å². The zero-order valence-corrected chi connectivity index (χ0v) is 14.5. The van der Waals surface area contributed by atoms with Crippen LogP contribution in [-0.2, 0) is 16.4 Å². The van der Waals surface area contributed by atoms with Gasteiger partial charge in [0.15, 0.2) is 0 Å². The average molecular weight is 345 g/mol. The van der Waals surface area contributed by atoms with Crippen LogP contribution in [0.4, 0.5) is 0 Å². The van der Waals surface area contributed by atoms with Crippen molar-refractivity contribution in [2.45, 2.75) is 30.2 Å². The van der Waals surface area contributed by atoms with E-state index in [0.717, 1.165) is 38.9 Å². The van der Waals surface area contributed by atoms with E-state index >= 15 is 0 Å². The molecule has 1 aliphatic rings. The van der Waals surface area contributed by atoms with Gasteiger partial charge >= 0.3 is 0 Å². The Morgan fingerprint density at radius 3 is 2.75 bits per heavy atom. The van der Waals surface area contributed by atoms with E-state index in [1.807, 2.05) is 6.07 Å². The van der Waals surface area contributed by atoms with Crippen LogP contribution in [0, 0.1) is 0 Å². The number of benzene rings is 1. The molecule has 5 nitrogen and oxygen atoms in total. The lowest BCUT2D eigenvalue weighted by Crippen LogP contribution is -2.48. The molecule has 0 unspecified atom stereocenters. The molecule has 24 heavy (non-hydrogen) atoms. The zero-order chi connectivity index (χ0) is 16.8. The number of hydrogen-bond donors (Lipinski definition) is 1. The zero-order valence-electron chi connectivity index (χ0n) is 13.6. The quantitative estimate of drug-likeness (QED) is 0.871. The molecule has 1 fully saturated rings. The summed E-state index contributed by atoms with van der Waals surface area (Å²) in [6.45, 7) is 2.74. The molecular weight excluding hydrogens is 322 g/mol. The minimum Gasteiger partial charge on any atom is -0.301 e. The fourth-order valence-electron chi connectivity index (χ4n) is 3.08. The molecule has 0 amide bonds. The highest BCUT2D eigenvalue weighted by atomic mass is 32.2. The van der Waals surface area contributed by atoms with Crippen LogP contribution in [0.15, 0.2) is 59.8 Å². The van der Waals surface area contributed by atoms with Gasteiger partial charge in [0.05, 0.1) is 0 Å². The first-order valence-corrected chi connectivity index (χ1v) is 9.80. The summed E-state index contributed by atoms with van der Waals surface area (Å²) in [6, 6.07) is 13.6. The number of piperidine rings is 1. The highest BCUT2D eigenvalue weighted by Crippen LogP contribution is 2.14. The van der Waals surface area contributed by atoms with Gasteiger partial charge in [-0.05, 0) is 43.5 Å². The van der Waals surface area contributed by atoms with Gasteiger partial charge in [0.2, 0.25) is 10.0 Å². The van der Waals surface area contributed by atoms with Gasteiger partial charge in [-0.15, -0.1) is 0 Å². The molecule has 6 heteroatoms. The third-order valence-electron chi connectivity index (χ3n) is 4.33. The van der Waals surface area contributed by atoms with Gasteiger partial charge in [-0.3, -0.25) is 4.98 Å². The summed E-state index contributed by atoms with van der Waals surface area (Å²) in [5.41, 5.74) is 1.32. The van der Waals surface area contributed by atoms with E-state index in [0.29, 0.717) is 0 Å². The van der Waals surface area contributed by atoms with E-state index in [-0.39, 0.29) is 10.9 Å². The predicted molar refractivity (Wildman–Crippen MR) is 94.2 cm³/mol. The van der Waals surface area contributed by atoms with Crippen molar-refractivity contribution in [2.24, 2.45) is 0 Å². The molecule has 0 radical (unpaired) electrons. The van der Waals surface area contributed by atoms with Crippen LogP contribution in [0.25, 0.3) is 0 Å². The Balaban J connectivity index is 1.56. The number of rotatable bonds is 6. The van der Waals surface area contributed by atoms with Gasteiger partial charge in [0, 0.05) is 31.5 Å². The minimum absolute atomic E-state index is 0.0419. The van der Waals surface area contributed by atoms with Crippen molar-refractivity contribution >= 4 is 10.0 Å². The summed E-state index contributed by atoms with van der Waals surface area (Å²) < 4.78 is 27.7. The number of hydrogen-bond acceptors (Lipinski definition) is 4. The Hall–Kier alpha value is -1.76. The molecule has 1 aromatic carbocycles. The summed E-state index contributed by atoms with van der Waals surface area (Å²) in [5.74, 6) is 0. The van der Waals surface area contributed by atoms with Gasteiger partial charge in [0.25, 0.3) is 0 Å². The second-order valence-electron chi connectivity index (χ2n) is 6.19. The SMILES string of the molecule is O=S(=O)(N[C@@H]1CCCN(CCc2ccccc2)C1)c1cccnc1. The molecule has 0 aliphatic carbocycles. The first-order chi connectivity index (χ1) is 11.6. The Morgan fingerprint density at radius 2 is 2.00 bits per heavy atom. The number of nitrogens with zero attached hydrogens (tertiary/aromatic N) is 2. The van der Waals surface area contributed by atoms with Crippen molar-refractivity contribution in [1.82, 2.24) is 14.6 Å². The summed E-state index contributed by atoms with van der Waals surface area (Å²) >= 11 is 0. The highest BCUT2D eigenvalue weighted by Gasteiger charge is 2.25. The van der Waals surface area contributed by atoms with Crippen molar-refractivity contribution in [3.05, 3.63) is 60.4 Å². The molecule has 0 bridgehead atoms. The normalized spacial score (nSPS) is 19.2. The molecule has 0 spiro atoms. The maximum atomic E-state index is 12.4. The Morgan fingerprint density at radius 1 is 1.17 bits per heavy atom. The Bertz CT molecular complexity index is 735. The van der Waals surface area contributed by atoms with Crippen LogP contribution in [-0.4, -0.2) is 44.0 Å². The van der Waals surface area contributed by atoms with E-state index < -0.39 is 10.0 Å². The van der Waals surface area contributed by atoms with Gasteiger partial charge < -0.3 is 4.90 Å². The van der Waals surface area contributed by atoms with E-state index in [1.165, 1.54) is 11.8 Å². The van der Waals surface area contributed by atoms with E-state index in [2.05, 4.69) is 38.9 Å². The van der Waals surface area contributed by atoms with Crippen molar-refractivity contribution < 1.29 is 8.42 Å². The maximum absolute atomic E-state index is 12.4. The molecule has 2 aromatic rings. The topological polar surface area (TPSA) is 62.3 Å². The monoisotopic (exact) mass is 345 g/mol. The lowest BCUT2D eigenvalue weighted by Gasteiger charge is -2.33. The summed E-state index contributed by atoms with van der Waals surface area (Å²) in [6.07, 6.45) is 5.84. The van der Waals surface area contributed by atoms with Gasteiger partial charge in [0.1, 0.15) is 4.90 Å². The molecule has 1 aromatic heterocycles. The van der Waals surface area contributed by atoms with Crippen LogP contribution in [0.5, 0.6) is 0 Å². The largest absolute Gasteiger partial charge is 0.301 e. The minimum atomic E-state index is -3.49. The van der Waals surface area contributed by atoms with Gasteiger partial charge in [-0.25, -0.2) is 13.1 Å². The van der Waals surface area contributed by atoms with E-state index in [1.54, 1.807) is 18.3 Å². The maximum Gasteiger partial charge on any atom is 0.242 e. The second kappa shape index (κ2) is 7.88. The summed E-state index contributed by atoms with van der Waals surface area (Å²) in [5, 5.41) is 0. The van der Waals surface area contributed by atoms with Crippen molar-refractivity contribution in [1.29, 1.82) is 0 Å². The Kier molecular flexibility index (Phi) is 5.60. The molecule has 1 aliphatic heterocycles. The van der Waals surface area contributed by atoms with Gasteiger partial charge in [-0.2, -0.15) is 0 Å².